The molecule has 0 atom stereocenters. The molecule has 0 heterocycles. The highest BCUT2D eigenvalue weighted by molar-refractivity contribution is 5.84. The lowest BCUT2D eigenvalue weighted by atomic mass is 9.97. The van der Waals surface area contributed by atoms with E-state index in [-0.39, 0.29) is 11.6 Å². The minimum Gasteiger partial charge on any atom is -0.489 e. The maximum Gasteiger partial charge on any atom is 0.387 e. The first-order valence-corrected chi connectivity index (χ1v) is 11.8. The highest BCUT2D eigenvalue weighted by Crippen LogP contribution is 2.26. The lowest BCUT2D eigenvalue weighted by molar-refractivity contribution is -0.0522. The molecule has 7 heteroatoms. The molecule has 2 nitrogen and oxygen atoms in total. The van der Waals surface area contributed by atoms with Crippen molar-refractivity contribution in [2.24, 2.45) is 0 Å². The van der Waals surface area contributed by atoms with Crippen LogP contribution in [0.15, 0.2) is 79.4 Å². The molecule has 0 aliphatic heterocycles. The van der Waals surface area contributed by atoms with Crippen LogP contribution in [0.4, 0.5) is 22.0 Å². The Hall–Kier alpha value is -3.87. The van der Waals surface area contributed by atoms with Crippen molar-refractivity contribution in [3.05, 3.63) is 119 Å². The third-order valence-corrected chi connectivity index (χ3v) is 6.07. The molecular formula is C30H25F5O2. The van der Waals surface area contributed by atoms with Crippen molar-refractivity contribution < 1.29 is 31.4 Å². The molecule has 0 spiro atoms. The second kappa shape index (κ2) is 11.9. The van der Waals surface area contributed by atoms with Gasteiger partial charge in [0.05, 0.1) is 0 Å². The van der Waals surface area contributed by atoms with E-state index >= 15 is 4.39 Å². The maximum absolute atomic E-state index is 15.2. The molecule has 0 aliphatic rings. The molecule has 37 heavy (non-hydrogen) atoms. The predicted octanol–water partition coefficient (Wildman–Crippen LogP) is 7.99. The van der Waals surface area contributed by atoms with Gasteiger partial charge in [-0.2, -0.15) is 8.78 Å². The molecule has 0 unspecified atom stereocenters. The molecule has 0 saturated heterocycles. The molecule has 4 aromatic rings. The summed E-state index contributed by atoms with van der Waals surface area (Å²) in [5.74, 6) is -1.66. The highest BCUT2D eigenvalue weighted by atomic mass is 19.3. The molecule has 0 aliphatic carbocycles. The summed E-state index contributed by atoms with van der Waals surface area (Å²) in [4.78, 5) is 0. The summed E-state index contributed by atoms with van der Waals surface area (Å²) in [6, 6.07) is 17.5. The summed E-state index contributed by atoms with van der Waals surface area (Å²) in [6.45, 7) is 0.763. The Morgan fingerprint density at radius 3 is 2.14 bits per heavy atom. The molecule has 4 aromatic carbocycles. The fourth-order valence-corrected chi connectivity index (χ4v) is 4.16. The summed E-state index contributed by atoms with van der Waals surface area (Å²) >= 11 is 0. The van der Waals surface area contributed by atoms with Crippen molar-refractivity contribution in [3.8, 4) is 11.5 Å². The second-order valence-corrected chi connectivity index (χ2v) is 8.59. The van der Waals surface area contributed by atoms with E-state index in [0.29, 0.717) is 60.1 Å². The minimum atomic E-state index is -3.11. The average molecular weight is 513 g/mol. The van der Waals surface area contributed by atoms with Gasteiger partial charge in [-0.3, -0.25) is 0 Å². The first kappa shape index (κ1) is 26.2. The molecule has 0 fully saturated rings. The normalized spacial score (nSPS) is 11.2. The molecule has 0 N–H and O–H groups in total. The van der Waals surface area contributed by atoms with E-state index < -0.39 is 18.2 Å². The number of ether oxygens (including phenoxy) is 2. The largest absolute Gasteiger partial charge is 0.489 e. The quantitative estimate of drug-likeness (QED) is 0.150. The van der Waals surface area contributed by atoms with E-state index in [0.717, 1.165) is 23.1 Å². The van der Waals surface area contributed by atoms with Crippen molar-refractivity contribution in [3.63, 3.8) is 0 Å². The van der Waals surface area contributed by atoms with Crippen LogP contribution < -0.4 is 9.47 Å². The number of benzene rings is 4. The topological polar surface area (TPSA) is 18.5 Å². The van der Waals surface area contributed by atoms with Gasteiger partial charge in [0.1, 0.15) is 24.0 Å². The standard InChI is InChI=1S/C30H25F5O2/c1-2-15-36-24-12-11-21(26(31)18-24)7-3-19-5-13-25-23(16-19)10-9-22(29(25)33)8-4-20-6-14-28(27(32)17-20)37-30(34)35/h2,5-6,9-14,16-18,30H,1,3-4,7-8,15H2. The lowest BCUT2D eigenvalue weighted by Crippen LogP contribution is -2.04. The Labute approximate surface area is 212 Å². The van der Waals surface area contributed by atoms with Gasteiger partial charge in [0.2, 0.25) is 0 Å². The van der Waals surface area contributed by atoms with Crippen molar-refractivity contribution in [1.29, 1.82) is 0 Å². The molecular weight excluding hydrogens is 487 g/mol. The molecule has 0 aromatic heterocycles. The van der Waals surface area contributed by atoms with E-state index in [9.17, 15) is 17.6 Å². The molecule has 4 rings (SSSR count). The Kier molecular flexibility index (Phi) is 8.43. The summed E-state index contributed by atoms with van der Waals surface area (Å²) in [7, 11) is 0. The van der Waals surface area contributed by atoms with Gasteiger partial charge < -0.3 is 9.47 Å². The van der Waals surface area contributed by atoms with Crippen LogP contribution in [-0.4, -0.2) is 13.2 Å². The summed E-state index contributed by atoms with van der Waals surface area (Å²) in [5, 5.41) is 1.19. The number of alkyl halides is 2. The molecule has 0 saturated carbocycles. The zero-order valence-electron chi connectivity index (χ0n) is 20.0. The van der Waals surface area contributed by atoms with Gasteiger partial charge in [-0.25, -0.2) is 13.2 Å². The second-order valence-electron chi connectivity index (χ2n) is 8.59. The van der Waals surface area contributed by atoms with Crippen LogP contribution >= 0.6 is 0 Å². The smallest absolute Gasteiger partial charge is 0.387 e. The molecule has 0 amide bonds. The van der Waals surface area contributed by atoms with Gasteiger partial charge in [-0.05, 0) is 71.5 Å². The Balaban J connectivity index is 1.41. The zero-order chi connectivity index (χ0) is 26.4. The molecule has 0 bridgehead atoms. The van der Waals surface area contributed by atoms with Crippen molar-refractivity contribution in [2.75, 3.05) is 6.61 Å². The van der Waals surface area contributed by atoms with E-state index in [1.807, 2.05) is 18.2 Å². The SMILES string of the molecule is C=CCOc1ccc(CCc2ccc3c(F)c(CCc4ccc(OC(F)F)c(F)c4)ccc3c2)c(F)c1. The van der Waals surface area contributed by atoms with Gasteiger partial charge in [0, 0.05) is 11.5 Å². The first-order chi connectivity index (χ1) is 17.8. The van der Waals surface area contributed by atoms with E-state index in [4.69, 9.17) is 4.74 Å². The molecule has 192 valence electrons. The number of rotatable bonds is 11. The first-order valence-electron chi connectivity index (χ1n) is 11.8. The van der Waals surface area contributed by atoms with E-state index in [1.165, 1.54) is 12.1 Å². The average Bonchev–Trinajstić information content (AvgIpc) is 2.87. The summed E-state index contributed by atoms with van der Waals surface area (Å²) in [5.41, 5.74) is 2.53. The zero-order valence-corrected chi connectivity index (χ0v) is 20.0. The van der Waals surface area contributed by atoms with E-state index in [2.05, 4.69) is 11.3 Å². The fraction of sp³-hybridized carbons (Fsp3) is 0.200. The maximum atomic E-state index is 15.2. The van der Waals surface area contributed by atoms with Gasteiger partial charge in [0.15, 0.2) is 11.6 Å². The van der Waals surface area contributed by atoms with Crippen LogP contribution in [0, 0.1) is 17.5 Å². The summed E-state index contributed by atoms with van der Waals surface area (Å²) < 4.78 is 77.6. The number of halogens is 5. The van der Waals surface area contributed by atoms with Crippen molar-refractivity contribution in [1.82, 2.24) is 0 Å². The molecule has 0 radical (unpaired) electrons. The Morgan fingerprint density at radius 2 is 1.43 bits per heavy atom. The van der Waals surface area contributed by atoms with Gasteiger partial charge in [-0.15, -0.1) is 0 Å². The van der Waals surface area contributed by atoms with Crippen LogP contribution in [0.3, 0.4) is 0 Å². The lowest BCUT2D eigenvalue weighted by Gasteiger charge is -2.11. The van der Waals surface area contributed by atoms with E-state index in [1.54, 1.807) is 30.3 Å². The Bertz CT molecular complexity index is 1400. The van der Waals surface area contributed by atoms with Gasteiger partial charge >= 0.3 is 6.61 Å². The van der Waals surface area contributed by atoms with Crippen LogP contribution in [-0.2, 0) is 25.7 Å². The third-order valence-electron chi connectivity index (χ3n) is 6.07. The number of fused-ring (bicyclic) bond motifs is 1. The van der Waals surface area contributed by atoms with Gasteiger partial charge in [0.25, 0.3) is 0 Å². The van der Waals surface area contributed by atoms with Gasteiger partial charge in [-0.1, -0.05) is 55.1 Å². The van der Waals surface area contributed by atoms with Crippen LogP contribution in [0.25, 0.3) is 10.8 Å². The highest BCUT2D eigenvalue weighted by Gasteiger charge is 2.13. The van der Waals surface area contributed by atoms with Crippen LogP contribution in [0.1, 0.15) is 22.3 Å². The van der Waals surface area contributed by atoms with Crippen LogP contribution in [0.2, 0.25) is 0 Å². The number of hydrogen-bond donors (Lipinski definition) is 0. The number of hydrogen-bond acceptors (Lipinski definition) is 2. The van der Waals surface area contributed by atoms with Crippen molar-refractivity contribution >= 4 is 10.8 Å². The fourth-order valence-electron chi connectivity index (χ4n) is 4.16. The third kappa shape index (κ3) is 6.67. The minimum absolute atomic E-state index is 0.304. The number of aryl methyl sites for hydroxylation is 4. The predicted molar refractivity (Wildman–Crippen MR) is 134 cm³/mol. The van der Waals surface area contributed by atoms with Crippen molar-refractivity contribution in [2.45, 2.75) is 32.3 Å². The Morgan fingerprint density at radius 1 is 0.730 bits per heavy atom. The van der Waals surface area contributed by atoms with Crippen LogP contribution in [0.5, 0.6) is 11.5 Å². The summed E-state index contributed by atoms with van der Waals surface area (Å²) in [6.07, 6.45) is 3.30. The monoisotopic (exact) mass is 512 g/mol.